The molecule has 0 saturated heterocycles. The lowest BCUT2D eigenvalue weighted by atomic mass is 9.49. The van der Waals surface area contributed by atoms with Crippen LogP contribution in [0.1, 0.15) is 44.3 Å². The van der Waals surface area contributed by atoms with Crippen LogP contribution in [0.4, 0.5) is 16.4 Å². The predicted octanol–water partition coefficient (Wildman–Crippen LogP) is 4.87. The highest BCUT2D eigenvalue weighted by atomic mass is 35.5. The fourth-order valence-corrected chi connectivity index (χ4v) is 7.80. The third-order valence-electron chi connectivity index (χ3n) is 7.07. The van der Waals surface area contributed by atoms with Crippen molar-refractivity contribution >= 4 is 62.9 Å². The first-order valence-electron chi connectivity index (χ1n) is 10.9. The van der Waals surface area contributed by atoms with Gasteiger partial charge in [0.15, 0.2) is 15.5 Å². The molecule has 0 radical (unpaired) electrons. The standard InChI is InChI=1S/C21H23Cl2N5O4S2/c1-33-19-25-17(21-8-11-4-12(9-21)6-13(5-11)10-21)24-18(26-19)27-20(29)28(34(30,31)32)16-3-2-14(22)7-15(16)23/h2-3,7,11-13H,4-6,8-10H2,1H3,(H,30,31,32)(H,24,25,26,27,29)/p-1. The van der Waals surface area contributed by atoms with Crippen LogP contribution in [0.3, 0.4) is 0 Å². The molecule has 1 aromatic heterocycles. The van der Waals surface area contributed by atoms with Crippen molar-refractivity contribution in [3.8, 4) is 0 Å². The van der Waals surface area contributed by atoms with Gasteiger partial charge in [0.25, 0.3) is 0 Å². The first-order valence-corrected chi connectivity index (χ1v) is 14.2. The summed E-state index contributed by atoms with van der Waals surface area (Å²) in [6, 6.07) is 2.51. The Morgan fingerprint density at radius 3 is 2.26 bits per heavy atom. The molecule has 34 heavy (non-hydrogen) atoms. The van der Waals surface area contributed by atoms with Crippen LogP contribution in [0, 0.1) is 17.8 Å². The Balaban J connectivity index is 1.49. The molecular weight excluding hydrogens is 521 g/mol. The summed E-state index contributed by atoms with van der Waals surface area (Å²) in [5.41, 5.74) is -0.482. The van der Waals surface area contributed by atoms with Crippen LogP contribution in [0.15, 0.2) is 23.4 Å². The van der Waals surface area contributed by atoms with Crippen molar-refractivity contribution in [1.29, 1.82) is 0 Å². The van der Waals surface area contributed by atoms with E-state index >= 15 is 0 Å². The van der Waals surface area contributed by atoms with Crippen molar-refractivity contribution in [3.05, 3.63) is 34.1 Å². The lowest BCUT2D eigenvalue weighted by molar-refractivity contribution is -0.00975. The van der Waals surface area contributed by atoms with Gasteiger partial charge in [-0.25, -0.2) is 18.2 Å². The van der Waals surface area contributed by atoms with Crippen molar-refractivity contribution < 1.29 is 17.8 Å². The number of aromatic nitrogens is 3. The number of amides is 2. The highest BCUT2D eigenvalue weighted by Crippen LogP contribution is 2.60. The Morgan fingerprint density at radius 2 is 1.74 bits per heavy atom. The van der Waals surface area contributed by atoms with Gasteiger partial charge in [-0.1, -0.05) is 35.0 Å². The number of benzene rings is 1. The molecule has 2 amide bonds. The topological polar surface area (TPSA) is 128 Å². The fraction of sp³-hybridized carbons (Fsp3) is 0.524. The first kappa shape index (κ1) is 24.1. The zero-order chi connectivity index (χ0) is 24.3. The number of carbonyl (C=O) groups is 1. The zero-order valence-electron chi connectivity index (χ0n) is 18.2. The Labute approximate surface area is 211 Å². The van der Waals surface area contributed by atoms with Crippen molar-refractivity contribution in [1.82, 2.24) is 15.0 Å². The average molecular weight is 543 g/mol. The van der Waals surface area contributed by atoms with Crippen molar-refractivity contribution in [3.63, 3.8) is 0 Å². The molecule has 1 heterocycles. The molecule has 6 rings (SSSR count). The lowest BCUT2D eigenvalue weighted by Crippen LogP contribution is -2.49. The molecule has 1 aromatic carbocycles. The van der Waals surface area contributed by atoms with Crippen molar-refractivity contribution in [2.75, 3.05) is 15.9 Å². The number of nitrogens with zero attached hydrogens (tertiary/aromatic N) is 4. The van der Waals surface area contributed by atoms with Gasteiger partial charge in [0.05, 0.1) is 10.7 Å². The average Bonchev–Trinajstić information content (AvgIpc) is 2.73. The molecule has 1 N–H and O–H groups in total. The third-order valence-corrected chi connectivity index (χ3v) is 8.96. The van der Waals surface area contributed by atoms with Gasteiger partial charge < -0.3 is 4.55 Å². The Hall–Kier alpha value is -1.66. The Bertz CT molecular complexity index is 1220. The molecule has 0 atom stereocenters. The summed E-state index contributed by atoms with van der Waals surface area (Å²) in [5, 5.41) is 2.84. The van der Waals surface area contributed by atoms with Gasteiger partial charge in [-0.05, 0) is 80.7 Å². The summed E-state index contributed by atoms with van der Waals surface area (Å²) in [4.78, 5) is 26.5. The van der Waals surface area contributed by atoms with E-state index in [1.54, 1.807) is 0 Å². The van der Waals surface area contributed by atoms with E-state index in [0.717, 1.165) is 19.3 Å². The summed E-state index contributed by atoms with van der Waals surface area (Å²) >= 11 is 13.2. The summed E-state index contributed by atoms with van der Waals surface area (Å²) in [6.45, 7) is 0. The predicted molar refractivity (Wildman–Crippen MR) is 129 cm³/mol. The SMILES string of the molecule is CSc1nc(NC(=O)N(c2ccc(Cl)cc2Cl)S(=O)(=O)[O-])nc(C23CC4CC(CC(C4)C2)C3)n1. The smallest absolute Gasteiger partial charge is 0.341 e. The van der Waals surface area contributed by atoms with Gasteiger partial charge in [0.2, 0.25) is 5.95 Å². The van der Waals surface area contributed by atoms with E-state index in [0.29, 0.717) is 28.7 Å². The van der Waals surface area contributed by atoms with Gasteiger partial charge in [0, 0.05) is 10.4 Å². The van der Waals surface area contributed by atoms with Crippen molar-refractivity contribution in [2.45, 2.75) is 49.1 Å². The van der Waals surface area contributed by atoms with E-state index < -0.39 is 16.3 Å². The van der Waals surface area contributed by atoms with E-state index in [1.165, 1.54) is 49.2 Å². The molecule has 13 heteroatoms. The third kappa shape index (κ3) is 4.48. The van der Waals surface area contributed by atoms with Crippen LogP contribution in [0.5, 0.6) is 0 Å². The number of carbonyl (C=O) groups excluding carboxylic acids is 1. The van der Waals surface area contributed by atoms with Crippen LogP contribution in [-0.4, -0.2) is 40.2 Å². The monoisotopic (exact) mass is 542 g/mol. The second kappa shape index (κ2) is 8.77. The maximum atomic E-state index is 13.0. The molecule has 4 saturated carbocycles. The van der Waals surface area contributed by atoms with E-state index in [9.17, 15) is 17.8 Å². The van der Waals surface area contributed by atoms with E-state index in [4.69, 9.17) is 23.2 Å². The number of thioether (sulfide) groups is 1. The normalized spacial score (nSPS) is 27.6. The Morgan fingerprint density at radius 1 is 1.12 bits per heavy atom. The maximum absolute atomic E-state index is 13.0. The number of nitrogens with one attached hydrogen (secondary N) is 1. The number of anilines is 2. The van der Waals surface area contributed by atoms with Crippen LogP contribution >= 0.6 is 35.0 Å². The summed E-state index contributed by atoms with van der Waals surface area (Å²) < 4.78 is 36.0. The van der Waals surface area contributed by atoms with Gasteiger partial charge in [-0.15, -0.1) is 0 Å². The van der Waals surface area contributed by atoms with Crippen molar-refractivity contribution in [2.24, 2.45) is 17.8 Å². The molecular formula is C21H22Cl2N5O4S2-. The summed E-state index contributed by atoms with van der Waals surface area (Å²) in [5.74, 6) is 2.50. The number of halogens is 2. The first-order chi connectivity index (χ1) is 16.1. The number of rotatable bonds is 5. The second-order valence-corrected chi connectivity index (χ2v) is 12.3. The van der Waals surface area contributed by atoms with Crippen LogP contribution < -0.4 is 9.62 Å². The van der Waals surface area contributed by atoms with E-state index in [-0.39, 0.29) is 31.4 Å². The number of hydrogen-bond donors (Lipinski definition) is 1. The largest absolute Gasteiger partial charge is 0.730 e. The minimum absolute atomic E-state index is 0.0403. The Kier molecular flexibility index (Phi) is 6.21. The molecule has 4 aliphatic carbocycles. The van der Waals surface area contributed by atoms with Gasteiger partial charge >= 0.3 is 6.03 Å². The van der Waals surface area contributed by atoms with Gasteiger partial charge in [0.1, 0.15) is 5.82 Å². The fourth-order valence-electron chi connectivity index (χ4n) is 6.25. The summed E-state index contributed by atoms with van der Waals surface area (Å²) in [6.07, 6.45) is 8.58. The molecule has 2 aromatic rings. The molecule has 4 fully saturated rings. The van der Waals surface area contributed by atoms with Gasteiger partial charge in [-0.2, -0.15) is 14.3 Å². The van der Waals surface area contributed by atoms with Crippen LogP contribution in [0.25, 0.3) is 0 Å². The minimum Gasteiger partial charge on any atom is -0.730 e. The highest BCUT2D eigenvalue weighted by molar-refractivity contribution is 7.98. The zero-order valence-corrected chi connectivity index (χ0v) is 21.3. The number of urea groups is 1. The molecule has 0 unspecified atom stereocenters. The highest BCUT2D eigenvalue weighted by Gasteiger charge is 2.53. The van der Waals surface area contributed by atoms with Crippen LogP contribution in [-0.2, 0) is 15.7 Å². The molecule has 182 valence electrons. The quantitative estimate of drug-likeness (QED) is 0.418. The second-order valence-electron chi connectivity index (χ2n) is 9.42. The number of hydrogen-bond acceptors (Lipinski definition) is 8. The molecule has 0 aliphatic heterocycles. The van der Waals surface area contributed by atoms with Gasteiger partial charge in [-0.3, -0.25) is 5.32 Å². The lowest BCUT2D eigenvalue weighted by Gasteiger charge is -2.55. The molecule has 9 nitrogen and oxygen atoms in total. The van der Waals surface area contributed by atoms with Crippen LogP contribution in [0.2, 0.25) is 10.0 Å². The maximum Gasteiger partial charge on any atom is 0.341 e. The van der Waals surface area contributed by atoms with E-state index in [2.05, 4.69) is 20.3 Å². The molecule has 4 bridgehead atoms. The molecule has 4 aliphatic rings. The minimum atomic E-state index is -5.27. The summed E-state index contributed by atoms with van der Waals surface area (Å²) in [7, 11) is -5.27. The van der Waals surface area contributed by atoms with E-state index in [1.807, 2.05) is 6.26 Å². The molecule has 0 spiro atoms.